The van der Waals surface area contributed by atoms with Gasteiger partial charge in [0.1, 0.15) is 5.82 Å². The standard InChI is InChI=1S/C17H19BrFN/c1-3-12-6-5-7-13(10-12)17(20-4-2)14-8-9-16(19)15(18)11-14/h5-11,17,20H,3-4H2,1-2H3. The van der Waals surface area contributed by atoms with Gasteiger partial charge in [0.2, 0.25) is 0 Å². The predicted octanol–water partition coefficient (Wildman–Crippen LogP) is 4.85. The molecule has 1 nitrogen and oxygen atoms in total. The van der Waals surface area contributed by atoms with Gasteiger partial charge in [-0.05, 0) is 57.7 Å². The van der Waals surface area contributed by atoms with Gasteiger partial charge in [-0.1, -0.05) is 44.2 Å². The first-order valence-corrected chi connectivity index (χ1v) is 7.72. The summed E-state index contributed by atoms with van der Waals surface area (Å²) in [4.78, 5) is 0. The summed E-state index contributed by atoms with van der Waals surface area (Å²) in [5, 5.41) is 3.47. The molecule has 0 bridgehead atoms. The third-order valence-corrected chi connectivity index (χ3v) is 3.99. The molecule has 0 saturated carbocycles. The number of aryl methyl sites for hydroxylation is 1. The van der Waals surface area contributed by atoms with Crippen molar-refractivity contribution in [2.75, 3.05) is 6.54 Å². The van der Waals surface area contributed by atoms with Crippen LogP contribution in [0, 0.1) is 5.82 Å². The van der Waals surface area contributed by atoms with E-state index in [-0.39, 0.29) is 11.9 Å². The smallest absolute Gasteiger partial charge is 0.137 e. The average molecular weight is 336 g/mol. The molecule has 0 spiro atoms. The van der Waals surface area contributed by atoms with Crippen molar-refractivity contribution < 1.29 is 4.39 Å². The van der Waals surface area contributed by atoms with Crippen LogP contribution in [0.25, 0.3) is 0 Å². The highest BCUT2D eigenvalue weighted by atomic mass is 79.9. The lowest BCUT2D eigenvalue weighted by Gasteiger charge is -2.20. The van der Waals surface area contributed by atoms with Crippen molar-refractivity contribution >= 4 is 15.9 Å². The molecule has 0 amide bonds. The molecule has 2 rings (SSSR count). The minimum atomic E-state index is -0.230. The van der Waals surface area contributed by atoms with Crippen LogP contribution in [0.15, 0.2) is 46.9 Å². The third kappa shape index (κ3) is 3.47. The molecule has 0 aliphatic heterocycles. The molecule has 0 fully saturated rings. The first-order chi connectivity index (χ1) is 9.65. The summed E-state index contributed by atoms with van der Waals surface area (Å²) in [5.41, 5.74) is 3.59. The highest BCUT2D eigenvalue weighted by Crippen LogP contribution is 2.26. The molecule has 20 heavy (non-hydrogen) atoms. The quantitative estimate of drug-likeness (QED) is 0.823. The highest BCUT2D eigenvalue weighted by Gasteiger charge is 2.14. The fraction of sp³-hybridized carbons (Fsp3) is 0.294. The molecule has 1 atom stereocenters. The number of benzene rings is 2. The maximum Gasteiger partial charge on any atom is 0.137 e. The van der Waals surface area contributed by atoms with Crippen molar-refractivity contribution in [3.63, 3.8) is 0 Å². The maximum absolute atomic E-state index is 13.4. The SMILES string of the molecule is CCNC(c1cccc(CC)c1)c1ccc(F)c(Br)c1. The van der Waals surface area contributed by atoms with Crippen molar-refractivity contribution in [1.82, 2.24) is 5.32 Å². The van der Waals surface area contributed by atoms with Crippen molar-refractivity contribution in [1.29, 1.82) is 0 Å². The maximum atomic E-state index is 13.4. The second-order valence-electron chi connectivity index (χ2n) is 4.76. The largest absolute Gasteiger partial charge is 0.307 e. The summed E-state index contributed by atoms with van der Waals surface area (Å²) in [6.45, 7) is 5.08. The van der Waals surface area contributed by atoms with Crippen LogP contribution in [0.5, 0.6) is 0 Å². The third-order valence-electron chi connectivity index (χ3n) is 3.38. The summed E-state index contributed by atoms with van der Waals surface area (Å²) in [6.07, 6.45) is 1.01. The molecule has 0 saturated heterocycles. The van der Waals surface area contributed by atoms with Crippen LogP contribution in [0.4, 0.5) is 4.39 Å². The predicted molar refractivity (Wildman–Crippen MR) is 85.4 cm³/mol. The fourth-order valence-electron chi connectivity index (χ4n) is 2.32. The van der Waals surface area contributed by atoms with E-state index >= 15 is 0 Å². The molecule has 0 radical (unpaired) electrons. The Morgan fingerprint density at radius 2 is 1.85 bits per heavy atom. The number of halogens is 2. The zero-order chi connectivity index (χ0) is 14.5. The summed E-state index contributed by atoms with van der Waals surface area (Å²) in [5.74, 6) is -0.230. The minimum absolute atomic E-state index is 0.0865. The van der Waals surface area contributed by atoms with Crippen molar-refractivity contribution in [3.8, 4) is 0 Å². The molecule has 3 heteroatoms. The van der Waals surface area contributed by atoms with Crippen LogP contribution in [-0.2, 0) is 6.42 Å². The van der Waals surface area contributed by atoms with Gasteiger partial charge in [0.05, 0.1) is 10.5 Å². The van der Waals surface area contributed by atoms with Crippen LogP contribution < -0.4 is 5.32 Å². The molecule has 1 N–H and O–H groups in total. The van der Waals surface area contributed by atoms with Gasteiger partial charge in [-0.15, -0.1) is 0 Å². The Hall–Kier alpha value is -1.19. The van der Waals surface area contributed by atoms with E-state index in [0.717, 1.165) is 18.5 Å². The summed E-state index contributed by atoms with van der Waals surface area (Å²) >= 11 is 3.26. The molecule has 106 valence electrons. The molecular weight excluding hydrogens is 317 g/mol. The average Bonchev–Trinajstić information content (AvgIpc) is 2.48. The van der Waals surface area contributed by atoms with E-state index in [1.807, 2.05) is 12.1 Å². The van der Waals surface area contributed by atoms with E-state index in [0.29, 0.717) is 4.47 Å². The molecule has 0 heterocycles. The monoisotopic (exact) mass is 335 g/mol. The Bertz CT molecular complexity index is 583. The lowest BCUT2D eigenvalue weighted by Crippen LogP contribution is -2.22. The Kier molecular flexibility index (Phi) is 5.32. The molecule has 2 aromatic carbocycles. The lowest BCUT2D eigenvalue weighted by molar-refractivity contribution is 0.608. The second kappa shape index (κ2) is 7.00. The Morgan fingerprint density at radius 1 is 1.10 bits per heavy atom. The molecule has 0 aliphatic rings. The topological polar surface area (TPSA) is 12.0 Å². The number of nitrogens with one attached hydrogen (secondary N) is 1. The molecule has 2 aromatic rings. The van der Waals surface area contributed by atoms with Crippen molar-refractivity contribution in [2.45, 2.75) is 26.3 Å². The number of hydrogen-bond acceptors (Lipinski definition) is 1. The molecule has 1 unspecified atom stereocenters. The summed E-state index contributed by atoms with van der Waals surface area (Å²) in [7, 11) is 0. The Balaban J connectivity index is 2.41. The Morgan fingerprint density at radius 3 is 2.50 bits per heavy atom. The van der Waals surface area contributed by atoms with E-state index in [4.69, 9.17) is 0 Å². The van der Waals surface area contributed by atoms with Gasteiger partial charge in [0, 0.05) is 0 Å². The van der Waals surface area contributed by atoms with Crippen LogP contribution in [-0.4, -0.2) is 6.54 Å². The second-order valence-corrected chi connectivity index (χ2v) is 5.62. The van der Waals surface area contributed by atoms with Gasteiger partial charge in [-0.25, -0.2) is 4.39 Å². The van der Waals surface area contributed by atoms with Crippen LogP contribution in [0.1, 0.15) is 36.6 Å². The first kappa shape index (κ1) is 15.2. The van der Waals surface area contributed by atoms with E-state index in [1.165, 1.54) is 17.2 Å². The van der Waals surface area contributed by atoms with Crippen molar-refractivity contribution in [2.24, 2.45) is 0 Å². The molecule has 0 aliphatic carbocycles. The van der Waals surface area contributed by atoms with E-state index in [1.54, 1.807) is 0 Å². The summed E-state index contributed by atoms with van der Waals surface area (Å²) in [6, 6.07) is 13.8. The lowest BCUT2D eigenvalue weighted by atomic mass is 9.96. The normalized spacial score (nSPS) is 12.4. The van der Waals surface area contributed by atoms with Crippen LogP contribution >= 0.6 is 15.9 Å². The molecular formula is C17H19BrFN. The number of hydrogen-bond donors (Lipinski definition) is 1. The molecule has 0 aromatic heterocycles. The minimum Gasteiger partial charge on any atom is -0.307 e. The Labute approximate surface area is 128 Å². The first-order valence-electron chi connectivity index (χ1n) is 6.92. The van der Waals surface area contributed by atoms with E-state index in [9.17, 15) is 4.39 Å². The summed E-state index contributed by atoms with van der Waals surface area (Å²) < 4.78 is 13.9. The van der Waals surface area contributed by atoms with Gasteiger partial charge in [0.15, 0.2) is 0 Å². The highest BCUT2D eigenvalue weighted by molar-refractivity contribution is 9.10. The van der Waals surface area contributed by atoms with Gasteiger partial charge in [-0.3, -0.25) is 0 Å². The number of rotatable bonds is 5. The van der Waals surface area contributed by atoms with Crippen LogP contribution in [0.2, 0.25) is 0 Å². The fourth-order valence-corrected chi connectivity index (χ4v) is 2.71. The van der Waals surface area contributed by atoms with Gasteiger partial charge >= 0.3 is 0 Å². The van der Waals surface area contributed by atoms with E-state index < -0.39 is 0 Å². The van der Waals surface area contributed by atoms with Gasteiger partial charge < -0.3 is 5.32 Å². The zero-order valence-corrected chi connectivity index (χ0v) is 13.4. The van der Waals surface area contributed by atoms with Gasteiger partial charge in [-0.2, -0.15) is 0 Å². The van der Waals surface area contributed by atoms with Crippen molar-refractivity contribution in [3.05, 3.63) is 69.4 Å². The zero-order valence-electron chi connectivity index (χ0n) is 11.8. The van der Waals surface area contributed by atoms with Gasteiger partial charge in [0.25, 0.3) is 0 Å². The van der Waals surface area contributed by atoms with E-state index in [2.05, 4.69) is 59.4 Å². The van der Waals surface area contributed by atoms with Crippen LogP contribution in [0.3, 0.4) is 0 Å².